The second-order valence-corrected chi connectivity index (χ2v) is 7.57. The van der Waals surface area contributed by atoms with E-state index < -0.39 is 5.41 Å². The van der Waals surface area contributed by atoms with Crippen molar-refractivity contribution in [1.29, 1.82) is 0 Å². The molecule has 0 saturated carbocycles. The average Bonchev–Trinajstić information content (AvgIpc) is 2.86. The number of hydrogen-bond acceptors (Lipinski definition) is 6. The van der Waals surface area contributed by atoms with Crippen LogP contribution in [0.25, 0.3) is 5.57 Å². The molecule has 1 aromatic carbocycles. The molecule has 2 aromatic rings. The predicted octanol–water partition coefficient (Wildman–Crippen LogP) is 2.55. The van der Waals surface area contributed by atoms with E-state index in [1.54, 1.807) is 32.2 Å². The summed E-state index contributed by atoms with van der Waals surface area (Å²) in [6.45, 7) is 7.20. The quantitative estimate of drug-likeness (QED) is 0.591. The van der Waals surface area contributed by atoms with Gasteiger partial charge in [0.1, 0.15) is 0 Å². The van der Waals surface area contributed by atoms with Crippen LogP contribution in [0.2, 0.25) is 0 Å². The summed E-state index contributed by atoms with van der Waals surface area (Å²) >= 11 is 0. The molecule has 0 bridgehead atoms. The fourth-order valence-corrected chi connectivity index (χ4v) is 3.47. The van der Waals surface area contributed by atoms with Crippen LogP contribution >= 0.6 is 0 Å². The molecule has 8 nitrogen and oxygen atoms in total. The van der Waals surface area contributed by atoms with E-state index >= 15 is 0 Å². The van der Waals surface area contributed by atoms with Gasteiger partial charge in [0, 0.05) is 30.8 Å². The van der Waals surface area contributed by atoms with Gasteiger partial charge in [0.2, 0.25) is 17.4 Å². The van der Waals surface area contributed by atoms with E-state index in [4.69, 9.17) is 0 Å². The lowest BCUT2D eigenvalue weighted by Crippen LogP contribution is -2.39. The van der Waals surface area contributed by atoms with Gasteiger partial charge in [-0.1, -0.05) is 17.0 Å². The third-order valence-corrected chi connectivity index (χ3v) is 5.30. The topological polar surface area (TPSA) is 98.8 Å². The van der Waals surface area contributed by atoms with Crippen LogP contribution in [0.3, 0.4) is 0 Å². The maximum atomic E-state index is 13.1. The summed E-state index contributed by atoms with van der Waals surface area (Å²) in [5, 5.41) is 28.8. The monoisotopic (exact) mass is 378 g/mol. The number of aromatic nitrogens is 2. The highest BCUT2D eigenvalue weighted by atomic mass is 16.5. The van der Waals surface area contributed by atoms with Gasteiger partial charge in [-0.15, -0.1) is 0 Å². The van der Waals surface area contributed by atoms with Crippen molar-refractivity contribution in [2.75, 3.05) is 11.4 Å². The van der Waals surface area contributed by atoms with Crippen molar-refractivity contribution in [2.45, 2.75) is 33.1 Å². The Labute approximate surface area is 162 Å². The highest BCUT2D eigenvalue weighted by Crippen LogP contribution is 2.45. The van der Waals surface area contributed by atoms with Crippen molar-refractivity contribution < 1.29 is 9.64 Å². The summed E-state index contributed by atoms with van der Waals surface area (Å²) < 4.78 is 0. The van der Waals surface area contributed by atoms with Crippen molar-refractivity contribution in [2.24, 2.45) is 4.99 Å². The first-order valence-corrected chi connectivity index (χ1v) is 8.95. The normalized spacial score (nSPS) is 18.1. The Balaban J connectivity index is 1.85. The number of hydrogen-bond donors (Lipinski definition) is 0. The summed E-state index contributed by atoms with van der Waals surface area (Å²) in [6, 6.07) is 8.93. The van der Waals surface area contributed by atoms with E-state index in [-0.39, 0.29) is 18.3 Å². The second kappa shape index (κ2) is 6.13. The maximum absolute atomic E-state index is 13.1. The van der Waals surface area contributed by atoms with Crippen molar-refractivity contribution in [3.63, 3.8) is 0 Å². The minimum absolute atomic E-state index is 0.159. The number of fused-ring (bicyclic) bond motifs is 1. The minimum atomic E-state index is -0.756. The Bertz CT molecular complexity index is 1060. The molecule has 3 heterocycles. The number of benzene rings is 1. The zero-order chi connectivity index (χ0) is 20.2. The first-order valence-electron chi connectivity index (χ1n) is 8.95. The van der Waals surface area contributed by atoms with Crippen LogP contribution < -0.4 is 9.75 Å². The largest absolute Gasteiger partial charge is 0.757 e. The van der Waals surface area contributed by atoms with Gasteiger partial charge in [0.15, 0.2) is 0 Å². The Hall–Kier alpha value is -3.26. The highest BCUT2D eigenvalue weighted by Gasteiger charge is 2.45. The number of rotatable bonds is 2. The smallest absolute Gasteiger partial charge is 0.243 e. The number of anilines is 2. The highest BCUT2D eigenvalue weighted by molar-refractivity contribution is 6.12. The average molecular weight is 378 g/mol. The molecule has 2 aliphatic heterocycles. The third kappa shape index (κ3) is 2.65. The van der Waals surface area contributed by atoms with Gasteiger partial charge in [-0.2, -0.15) is 0 Å². The molecule has 4 rings (SSSR count). The fourth-order valence-electron chi connectivity index (χ4n) is 3.47. The first kappa shape index (κ1) is 18.1. The minimum Gasteiger partial charge on any atom is -0.757 e. The van der Waals surface area contributed by atoms with E-state index in [2.05, 4.69) is 10.1 Å². The Morgan fingerprint density at radius 3 is 2.61 bits per heavy atom. The van der Waals surface area contributed by atoms with Gasteiger partial charge in [-0.25, -0.2) is 4.99 Å². The van der Waals surface area contributed by atoms with Crippen molar-refractivity contribution in [3.8, 4) is 0 Å². The van der Waals surface area contributed by atoms with Crippen LogP contribution in [0.5, 0.6) is 0 Å². The number of amides is 1. The van der Waals surface area contributed by atoms with Crippen LogP contribution in [-0.4, -0.2) is 28.4 Å². The summed E-state index contributed by atoms with van der Waals surface area (Å²) in [5.74, 6) is 0.520. The number of hydroxylamine groups is 2. The number of nitrogens with zero attached hydrogens (tertiary/aromatic N) is 5. The molecular weight excluding hydrogens is 358 g/mol. The van der Waals surface area contributed by atoms with E-state index in [1.165, 1.54) is 4.90 Å². The van der Waals surface area contributed by atoms with E-state index in [0.29, 0.717) is 22.1 Å². The summed E-state index contributed by atoms with van der Waals surface area (Å²) in [6.07, 6.45) is 1.67. The number of amidine groups is 1. The molecule has 0 spiro atoms. The molecule has 0 unspecified atom stereocenters. The SMILES string of the molecule is CC1=NC=C(c2ccc3c(c2)N(c2ccc(C)[n+]([O-])n2)C(=O)C3(C)C)CN1[O-]. The number of aryl methyl sites for hydroxylation is 1. The fraction of sp³-hybridized carbons (Fsp3) is 0.300. The molecule has 1 aromatic heterocycles. The molecule has 0 atom stereocenters. The lowest BCUT2D eigenvalue weighted by Gasteiger charge is -2.33. The molecule has 0 radical (unpaired) electrons. The molecule has 0 N–H and O–H groups in total. The zero-order valence-corrected chi connectivity index (χ0v) is 16.1. The molecule has 0 aliphatic carbocycles. The van der Waals surface area contributed by atoms with E-state index in [0.717, 1.165) is 21.8 Å². The summed E-state index contributed by atoms with van der Waals surface area (Å²) in [7, 11) is 0. The number of carbonyl (C=O) groups is 1. The molecule has 0 saturated heterocycles. The van der Waals surface area contributed by atoms with Crippen LogP contribution in [0.1, 0.15) is 37.6 Å². The van der Waals surface area contributed by atoms with Crippen LogP contribution in [-0.2, 0) is 10.2 Å². The first-order chi connectivity index (χ1) is 13.2. The van der Waals surface area contributed by atoms with E-state index in [9.17, 15) is 15.2 Å². The van der Waals surface area contributed by atoms with E-state index in [1.807, 2.05) is 32.0 Å². The van der Waals surface area contributed by atoms with Gasteiger partial charge in [0.05, 0.1) is 16.9 Å². The van der Waals surface area contributed by atoms with Crippen LogP contribution in [0.4, 0.5) is 11.5 Å². The van der Waals surface area contributed by atoms with Crippen LogP contribution in [0.15, 0.2) is 41.5 Å². The van der Waals surface area contributed by atoms with Crippen LogP contribution in [0, 0.1) is 17.3 Å². The Morgan fingerprint density at radius 2 is 1.93 bits per heavy atom. The number of aliphatic imine (C=N–C) groups is 1. The predicted molar refractivity (Wildman–Crippen MR) is 106 cm³/mol. The lowest BCUT2D eigenvalue weighted by atomic mass is 9.85. The zero-order valence-electron chi connectivity index (χ0n) is 16.1. The van der Waals surface area contributed by atoms with Gasteiger partial charge in [-0.05, 0) is 49.6 Å². The molecule has 8 heteroatoms. The van der Waals surface area contributed by atoms with Gasteiger partial charge < -0.3 is 15.5 Å². The van der Waals surface area contributed by atoms with Gasteiger partial charge >= 0.3 is 0 Å². The molecule has 0 fully saturated rings. The maximum Gasteiger partial charge on any atom is 0.243 e. The van der Waals surface area contributed by atoms with Gasteiger partial charge in [-0.3, -0.25) is 9.69 Å². The third-order valence-electron chi connectivity index (χ3n) is 5.30. The molecular formula is C20H20N5O3-. The summed E-state index contributed by atoms with van der Waals surface area (Å²) in [5.41, 5.74) is 2.75. The molecule has 28 heavy (non-hydrogen) atoms. The standard InChI is InChI=1S/C20H20N5O3/c1-12-5-8-18(22-25(12)28)24-17-9-14(15-10-21-13(2)23(27)11-15)6-7-16(17)20(3,4)19(24)26/h5-10H,11H2,1-4H3/q-1. The molecule has 144 valence electrons. The lowest BCUT2D eigenvalue weighted by molar-refractivity contribution is -0.674. The Kier molecular flexibility index (Phi) is 3.97. The summed E-state index contributed by atoms with van der Waals surface area (Å²) in [4.78, 5) is 19.3. The second-order valence-electron chi connectivity index (χ2n) is 7.57. The molecule has 2 aliphatic rings. The molecule has 1 amide bonds. The van der Waals surface area contributed by atoms with Crippen molar-refractivity contribution >= 4 is 28.8 Å². The van der Waals surface area contributed by atoms with Gasteiger partial charge in [0.25, 0.3) is 0 Å². The number of carbonyl (C=O) groups excluding carboxylic acids is 1. The van der Waals surface area contributed by atoms with Crippen molar-refractivity contribution in [3.05, 3.63) is 63.8 Å². The van der Waals surface area contributed by atoms with Crippen molar-refractivity contribution in [1.82, 2.24) is 10.2 Å². The Morgan fingerprint density at radius 1 is 1.18 bits per heavy atom.